The van der Waals surface area contributed by atoms with E-state index in [-0.39, 0.29) is 16.5 Å². The molecule has 0 saturated carbocycles. The van der Waals surface area contributed by atoms with Crippen molar-refractivity contribution in [2.75, 3.05) is 0 Å². The molecule has 24 heavy (non-hydrogen) atoms. The summed E-state index contributed by atoms with van der Waals surface area (Å²) >= 11 is 1.52. The summed E-state index contributed by atoms with van der Waals surface area (Å²) < 4.78 is 4.07. The summed E-state index contributed by atoms with van der Waals surface area (Å²) in [4.78, 5) is 0. The van der Waals surface area contributed by atoms with Crippen LogP contribution in [0, 0.1) is 0 Å². The van der Waals surface area contributed by atoms with Crippen LogP contribution in [0.15, 0.2) is 57.1 Å². The fourth-order valence-corrected chi connectivity index (χ4v) is 1.67. The smallest absolute Gasteiger partial charge is 0.00191 e. The van der Waals surface area contributed by atoms with E-state index < -0.39 is 0 Å². The Balaban J connectivity index is 0.000000405. The molecule has 0 radical (unpaired) electrons. The van der Waals surface area contributed by atoms with Crippen molar-refractivity contribution in [3.8, 4) is 0 Å². The van der Waals surface area contributed by atoms with Crippen molar-refractivity contribution in [3.05, 3.63) is 65.1 Å². The fraction of sp³-hybridized carbons (Fsp3) is 0.524. The van der Waals surface area contributed by atoms with E-state index in [1.165, 1.54) is 32.0 Å². The van der Waals surface area contributed by atoms with Gasteiger partial charge in [0.05, 0.1) is 0 Å². The molecule has 0 amide bonds. The van der Waals surface area contributed by atoms with Gasteiger partial charge in [0.2, 0.25) is 0 Å². The molecule has 2 nitrogen and oxygen atoms in total. The third-order valence-electron chi connectivity index (χ3n) is 2.96. The first kappa shape index (κ1) is 23.1. The number of nitrogens with zero attached hydrogens (tertiary/aromatic N) is 1. The summed E-state index contributed by atoms with van der Waals surface area (Å²) in [6, 6.07) is 8.50. The number of hydrogen-bond donors (Lipinski definition) is 0. The average Bonchev–Trinajstić information content (AvgIpc) is 3.10. The summed E-state index contributed by atoms with van der Waals surface area (Å²) in [5.74, 6) is 0. The molecule has 133 valence electrons. The van der Waals surface area contributed by atoms with Crippen LogP contribution < -0.4 is 0 Å². The summed E-state index contributed by atoms with van der Waals surface area (Å²) in [6.07, 6.45) is 6.15. The van der Waals surface area contributed by atoms with Crippen molar-refractivity contribution in [2.45, 2.75) is 71.9 Å². The maximum Gasteiger partial charge on any atom is 0.00191 e. The van der Waals surface area contributed by atoms with E-state index in [9.17, 15) is 0 Å². The van der Waals surface area contributed by atoms with Crippen LogP contribution >= 0.6 is 0 Å². The Hall–Kier alpha value is -0.890. The molecule has 0 aliphatic heterocycles. The maximum absolute atomic E-state index is 6.94. The number of hydrogen-bond acceptors (Lipinski definition) is 1. The molecular formula is C21H32N2Nb-2. The second-order valence-corrected chi connectivity index (χ2v) is 8.89. The van der Waals surface area contributed by atoms with Gasteiger partial charge in [0.1, 0.15) is 0 Å². The molecule has 0 bridgehead atoms. The molecule has 1 N–H and O–H groups in total. The van der Waals surface area contributed by atoms with Gasteiger partial charge in [-0.1, -0.05) is 40.7 Å². The number of rotatable bonds is 2. The van der Waals surface area contributed by atoms with E-state index in [1.54, 1.807) is 0 Å². The molecule has 0 atom stereocenters. The Morgan fingerprint density at radius 1 is 1.08 bits per heavy atom. The summed E-state index contributed by atoms with van der Waals surface area (Å²) in [5.41, 5.74) is 12.9. The molecular weight excluding hydrogens is 373 g/mol. The van der Waals surface area contributed by atoms with E-state index >= 15 is 0 Å². The van der Waals surface area contributed by atoms with E-state index in [4.69, 9.17) is 5.73 Å². The quantitative estimate of drug-likeness (QED) is 0.299. The Morgan fingerprint density at radius 3 is 1.88 bits per heavy atom. The first-order chi connectivity index (χ1) is 10.8. The molecule has 0 unspecified atom stereocenters. The molecule has 1 aliphatic carbocycles. The molecule has 1 aromatic rings. The summed E-state index contributed by atoms with van der Waals surface area (Å²) in [5, 5.41) is 0. The molecule has 0 spiro atoms. The third-order valence-corrected chi connectivity index (χ3v) is 4.43. The monoisotopic (exact) mass is 405 g/mol. The van der Waals surface area contributed by atoms with Crippen molar-refractivity contribution >= 4 is 0 Å². The standard InChI is InChI=1S/C13H13.C4H10N.C4H9N.Nb/c1-13(2,11-7-3-4-8-11)12-9-5-6-10-12;2*1-4(2,3)5;/h3-9H,1-2H3;5H,1-3H3;1-3H3;/q2*-1;;. The Labute approximate surface area is 161 Å². The van der Waals surface area contributed by atoms with Crippen LogP contribution in [0.4, 0.5) is 0 Å². The second-order valence-electron chi connectivity index (χ2n) is 8.40. The summed E-state index contributed by atoms with van der Waals surface area (Å²) in [7, 11) is 0. The molecule has 0 aromatic heterocycles. The van der Waals surface area contributed by atoms with Gasteiger partial charge < -0.3 is 5.73 Å². The molecule has 0 heterocycles. The topological polar surface area (TPSA) is 36.2 Å². The first-order valence-electron chi connectivity index (χ1n) is 8.24. The molecule has 3 heteroatoms. The van der Waals surface area contributed by atoms with Crippen LogP contribution in [0.1, 0.15) is 61.0 Å². The van der Waals surface area contributed by atoms with E-state index in [2.05, 4.69) is 74.0 Å². The van der Waals surface area contributed by atoms with Crippen molar-refractivity contribution in [1.82, 2.24) is 0 Å². The van der Waals surface area contributed by atoms with Gasteiger partial charge in [0.15, 0.2) is 0 Å². The largest absolute Gasteiger partial charge is 0.213 e. The van der Waals surface area contributed by atoms with E-state index in [0.29, 0.717) is 0 Å². The minimum absolute atomic E-state index is 0.0903. The molecule has 0 saturated heterocycles. The Morgan fingerprint density at radius 2 is 1.58 bits per heavy atom. The zero-order chi connectivity index (χ0) is 19.0. The van der Waals surface area contributed by atoms with Crippen molar-refractivity contribution in [3.63, 3.8) is 0 Å². The van der Waals surface area contributed by atoms with Crippen LogP contribution in [0.5, 0.6) is 0 Å². The molecule has 1 aliphatic rings. The predicted molar refractivity (Wildman–Crippen MR) is 102 cm³/mol. The number of allylic oxidation sites excluding steroid dienone is 3. The van der Waals surface area contributed by atoms with Crippen LogP contribution in [0.25, 0.3) is 5.73 Å². The normalized spacial score (nSPS) is 13.4. The minimum Gasteiger partial charge on any atom is -0.213 e. The molecule has 2 rings (SSSR count). The summed E-state index contributed by atoms with van der Waals surface area (Å²) in [6.45, 7) is 16.3. The third kappa shape index (κ3) is 10.8. The van der Waals surface area contributed by atoms with Gasteiger partial charge in [0.25, 0.3) is 0 Å². The second kappa shape index (κ2) is 9.56. The fourth-order valence-electron chi connectivity index (χ4n) is 1.67. The first-order valence-corrected chi connectivity index (χ1v) is 9.23. The van der Waals surface area contributed by atoms with Crippen molar-refractivity contribution < 1.29 is 20.9 Å². The van der Waals surface area contributed by atoms with Gasteiger partial charge in [-0.2, -0.15) is 17.7 Å². The van der Waals surface area contributed by atoms with Crippen LogP contribution in [-0.4, -0.2) is 11.1 Å². The zero-order valence-corrected chi connectivity index (χ0v) is 18.6. The van der Waals surface area contributed by atoms with Gasteiger partial charge in [-0.25, -0.2) is 12.1 Å². The van der Waals surface area contributed by atoms with Crippen LogP contribution in [0.3, 0.4) is 0 Å². The average molecular weight is 405 g/mol. The number of nitrogens with one attached hydrogen (secondary N) is 1. The van der Waals surface area contributed by atoms with Gasteiger partial charge >= 0.3 is 50.5 Å². The van der Waals surface area contributed by atoms with E-state index in [0.717, 1.165) is 0 Å². The predicted octanol–water partition coefficient (Wildman–Crippen LogP) is 6.69. The Kier molecular flexibility index (Phi) is 9.20. The van der Waals surface area contributed by atoms with Crippen molar-refractivity contribution in [2.24, 2.45) is 3.34 Å². The van der Waals surface area contributed by atoms with Crippen LogP contribution in [0.2, 0.25) is 0 Å². The van der Waals surface area contributed by atoms with Gasteiger partial charge in [0, 0.05) is 5.57 Å². The van der Waals surface area contributed by atoms with E-state index in [1.807, 2.05) is 32.9 Å². The SMILES string of the molecule is CC(C)(C)[NH-].CC(C)(C)[N]=[Nb].CC(C)(C1=C=CC=C1)c1ccc[cH-]1. The van der Waals surface area contributed by atoms with Gasteiger partial charge in [-0.15, -0.1) is 11.3 Å². The van der Waals surface area contributed by atoms with Gasteiger partial charge in [-0.05, 0) is 17.6 Å². The minimum atomic E-state index is -0.250. The zero-order valence-electron chi connectivity index (χ0n) is 16.4. The van der Waals surface area contributed by atoms with Crippen LogP contribution in [-0.2, 0) is 26.3 Å². The van der Waals surface area contributed by atoms with Crippen molar-refractivity contribution in [1.29, 1.82) is 0 Å². The van der Waals surface area contributed by atoms with Gasteiger partial charge in [-0.3, -0.25) is 0 Å². The Bertz CT molecular complexity index is 579. The molecule has 1 aromatic carbocycles. The molecule has 0 fully saturated rings. The maximum atomic E-state index is 6.94.